The fraction of sp³-hybridized carbons (Fsp3) is 0.276. The molecule has 0 amide bonds. The molecule has 3 aromatic carbocycles. The van der Waals surface area contributed by atoms with Gasteiger partial charge in [-0.2, -0.15) is 0 Å². The second kappa shape index (κ2) is 9.85. The lowest BCUT2D eigenvalue weighted by molar-refractivity contribution is -0.116. The van der Waals surface area contributed by atoms with Crippen LogP contribution in [0.2, 0.25) is 0 Å². The number of Topliss-reactive ketones (excluding diaryl/α,β-unsaturated/α-hetero) is 1. The van der Waals surface area contributed by atoms with E-state index < -0.39 is 6.04 Å². The Bertz CT molecular complexity index is 1290. The Morgan fingerprint density at radius 1 is 0.750 bits per heavy atom. The van der Waals surface area contributed by atoms with Crippen molar-refractivity contribution in [2.24, 2.45) is 0 Å². The SMILES string of the molecule is COc1ccc([C@@H]2CC(=O)C3=C(C2)Nc2ccccc2N[C@H]3c2cc(OC)c(OC)c(OC)c2)cc1. The molecule has 3 aromatic rings. The number of methoxy groups -OCH3 is 4. The standard InChI is InChI=1S/C29H30N2O5/c1-33-20-11-9-17(10-12-20)18-13-23-27(24(32)14-18)28(31-22-8-6-5-7-21(22)30-23)19-15-25(34-2)29(36-4)26(16-19)35-3/h5-12,15-16,18,28,30-31H,13-14H2,1-4H3/t18-,28-/m0/s1. The Morgan fingerprint density at radius 3 is 2.03 bits per heavy atom. The highest BCUT2D eigenvalue weighted by atomic mass is 16.5. The smallest absolute Gasteiger partial charge is 0.203 e. The number of carbonyl (C=O) groups is 1. The van der Waals surface area contributed by atoms with E-state index in [9.17, 15) is 4.79 Å². The molecular formula is C29H30N2O5. The Kier molecular flexibility index (Phi) is 6.46. The molecule has 0 fully saturated rings. The first kappa shape index (κ1) is 23.6. The molecule has 0 spiro atoms. The molecule has 2 aliphatic rings. The van der Waals surface area contributed by atoms with Crippen molar-refractivity contribution in [3.63, 3.8) is 0 Å². The third-order valence-corrected chi connectivity index (χ3v) is 6.92. The Balaban J connectivity index is 1.62. The van der Waals surface area contributed by atoms with Crippen molar-refractivity contribution in [3.05, 3.63) is 83.1 Å². The maximum absolute atomic E-state index is 13.8. The molecule has 0 bridgehead atoms. The van der Waals surface area contributed by atoms with E-state index in [2.05, 4.69) is 10.6 Å². The molecule has 2 N–H and O–H groups in total. The van der Waals surface area contributed by atoms with Crippen LogP contribution in [0.3, 0.4) is 0 Å². The van der Waals surface area contributed by atoms with Gasteiger partial charge in [-0.05, 0) is 59.9 Å². The summed E-state index contributed by atoms with van der Waals surface area (Å²) in [5, 5.41) is 7.18. The number of anilines is 2. The molecule has 0 aromatic heterocycles. The van der Waals surface area contributed by atoms with E-state index >= 15 is 0 Å². The lowest BCUT2D eigenvalue weighted by Crippen LogP contribution is -2.27. The van der Waals surface area contributed by atoms with Crippen molar-refractivity contribution >= 4 is 17.2 Å². The first-order valence-electron chi connectivity index (χ1n) is 11.9. The number of fused-ring (bicyclic) bond motifs is 1. The van der Waals surface area contributed by atoms with Crippen LogP contribution >= 0.6 is 0 Å². The molecule has 1 heterocycles. The zero-order valence-corrected chi connectivity index (χ0v) is 20.9. The summed E-state index contributed by atoms with van der Waals surface area (Å²) >= 11 is 0. The number of carbonyl (C=O) groups excluding carboxylic acids is 1. The van der Waals surface area contributed by atoms with Crippen LogP contribution < -0.4 is 29.6 Å². The highest BCUT2D eigenvalue weighted by Gasteiger charge is 2.36. The van der Waals surface area contributed by atoms with Crippen LogP contribution in [0.4, 0.5) is 11.4 Å². The van der Waals surface area contributed by atoms with E-state index in [1.807, 2.05) is 60.7 Å². The molecular weight excluding hydrogens is 456 g/mol. The van der Waals surface area contributed by atoms with Gasteiger partial charge in [0, 0.05) is 17.7 Å². The molecule has 0 saturated carbocycles. The number of nitrogens with one attached hydrogen (secondary N) is 2. The Morgan fingerprint density at radius 2 is 1.42 bits per heavy atom. The van der Waals surface area contributed by atoms with Crippen molar-refractivity contribution in [2.45, 2.75) is 24.8 Å². The van der Waals surface area contributed by atoms with Gasteiger partial charge in [0.05, 0.1) is 45.9 Å². The van der Waals surface area contributed by atoms with Crippen molar-refractivity contribution in [3.8, 4) is 23.0 Å². The molecule has 7 nitrogen and oxygen atoms in total. The third kappa shape index (κ3) is 4.21. The lowest BCUT2D eigenvalue weighted by Gasteiger charge is -2.30. The molecule has 186 valence electrons. The fourth-order valence-corrected chi connectivity index (χ4v) is 5.12. The van der Waals surface area contributed by atoms with E-state index in [0.29, 0.717) is 30.1 Å². The van der Waals surface area contributed by atoms with Gasteiger partial charge in [0.1, 0.15) is 5.75 Å². The number of allylic oxidation sites excluding steroid dienone is 1. The summed E-state index contributed by atoms with van der Waals surface area (Å²) in [5.74, 6) is 2.57. The average molecular weight is 487 g/mol. The molecule has 0 radical (unpaired) electrons. The predicted molar refractivity (Wildman–Crippen MR) is 140 cm³/mol. The first-order valence-corrected chi connectivity index (χ1v) is 11.9. The highest BCUT2D eigenvalue weighted by Crippen LogP contribution is 2.47. The fourth-order valence-electron chi connectivity index (χ4n) is 5.12. The number of benzene rings is 3. The number of hydrogen-bond acceptors (Lipinski definition) is 7. The van der Waals surface area contributed by atoms with E-state index in [1.165, 1.54) is 0 Å². The van der Waals surface area contributed by atoms with E-state index in [0.717, 1.165) is 39.5 Å². The summed E-state index contributed by atoms with van der Waals surface area (Å²) in [5.41, 5.74) is 5.47. The topological polar surface area (TPSA) is 78.1 Å². The number of rotatable bonds is 6. The predicted octanol–water partition coefficient (Wildman–Crippen LogP) is 5.70. The molecule has 1 aliphatic heterocycles. The van der Waals surface area contributed by atoms with Gasteiger partial charge < -0.3 is 29.6 Å². The summed E-state index contributed by atoms with van der Waals surface area (Å²) in [6, 6.07) is 19.4. The molecule has 7 heteroatoms. The maximum Gasteiger partial charge on any atom is 0.203 e. The third-order valence-electron chi connectivity index (χ3n) is 6.92. The molecule has 1 aliphatic carbocycles. The minimum atomic E-state index is -0.394. The van der Waals surface area contributed by atoms with Gasteiger partial charge in [0.2, 0.25) is 5.75 Å². The Labute approximate surface area is 211 Å². The van der Waals surface area contributed by atoms with Gasteiger partial charge in [-0.3, -0.25) is 4.79 Å². The summed E-state index contributed by atoms with van der Waals surface area (Å²) in [7, 11) is 6.41. The number of para-hydroxylation sites is 2. The summed E-state index contributed by atoms with van der Waals surface area (Å²) in [6.45, 7) is 0. The van der Waals surface area contributed by atoms with Gasteiger partial charge >= 0.3 is 0 Å². The molecule has 5 rings (SSSR count). The Hall–Kier alpha value is -4.13. The van der Waals surface area contributed by atoms with Crippen molar-refractivity contribution in [1.29, 1.82) is 0 Å². The average Bonchev–Trinajstić information content (AvgIpc) is 3.09. The summed E-state index contributed by atoms with van der Waals surface area (Å²) < 4.78 is 22.0. The van der Waals surface area contributed by atoms with Gasteiger partial charge in [-0.25, -0.2) is 0 Å². The molecule has 0 saturated heterocycles. The first-order chi connectivity index (χ1) is 17.6. The van der Waals surface area contributed by atoms with Crippen molar-refractivity contribution < 1.29 is 23.7 Å². The number of ether oxygens (including phenoxy) is 4. The number of ketones is 1. The van der Waals surface area contributed by atoms with Crippen LogP contribution in [0, 0.1) is 0 Å². The van der Waals surface area contributed by atoms with Crippen LogP contribution in [0.25, 0.3) is 0 Å². The van der Waals surface area contributed by atoms with Crippen LogP contribution in [0.5, 0.6) is 23.0 Å². The second-order valence-corrected chi connectivity index (χ2v) is 8.90. The normalized spacial score (nSPS) is 18.7. The summed E-state index contributed by atoms with van der Waals surface area (Å²) in [4.78, 5) is 13.8. The van der Waals surface area contributed by atoms with Crippen molar-refractivity contribution in [2.75, 3.05) is 39.1 Å². The van der Waals surface area contributed by atoms with Crippen LogP contribution in [-0.2, 0) is 4.79 Å². The quantitative estimate of drug-likeness (QED) is 0.463. The summed E-state index contributed by atoms with van der Waals surface area (Å²) in [6.07, 6.45) is 1.14. The van der Waals surface area contributed by atoms with Gasteiger partial charge in [-0.1, -0.05) is 24.3 Å². The maximum atomic E-state index is 13.8. The van der Waals surface area contributed by atoms with Gasteiger partial charge in [0.25, 0.3) is 0 Å². The largest absolute Gasteiger partial charge is 0.497 e. The van der Waals surface area contributed by atoms with Gasteiger partial charge in [0.15, 0.2) is 17.3 Å². The monoisotopic (exact) mass is 486 g/mol. The minimum absolute atomic E-state index is 0.0699. The highest BCUT2D eigenvalue weighted by molar-refractivity contribution is 6.01. The van der Waals surface area contributed by atoms with E-state index in [4.69, 9.17) is 18.9 Å². The zero-order chi connectivity index (χ0) is 25.2. The van der Waals surface area contributed by atoms with Crippen LogP contribution in [0.15, 0.2) is 71.9 Å². The van der Waals surface area contributed by atoms with Crippen molar-refractivity contribution in [1.82, 2.24) is 0 Å². The van der Waals surface area contributed by atoms with Crippen LogP contribution in [-0.4, -0.2) is 34.2 Å². The minimum Gasteiger partial charge on any atom is -0.497 e. The van der Waals surface area contributed by atoms with Gasteiger partial charge in [-0.15, -0.1) is 0 Å². The zero-order valence-electron chi connectivity index (χ0n) is 20.9. The molecule has 2 atom stereocenters. The van der Waals surface area contributed by atoms with E-state index in [1.54, 1.807) is 28.4 Å². The van der Waals surface area contributed by atoms with Crippen LogP contribution in [0.1, 0.15) is 35.9 Å². The number of hydrogen-bond donors (Lipinski definition) is 2. The molecule has 0 unspecified atom stereocenters. The van der Waals surface area contributed by atoms with E-state index in [-0.39, 0.29) is 11.7 Å². The molecule has 36 heavy (non-hydrogen) atoms. The second-order valence-electron chi connectivity index (χ2n) is 8.90. The lowest BCUT2D eigenvalue weighted by atomic mass is 9.78.